The van der Waals surface area contributed by atoms with E-state index in [1.807, 2.05) is 33.8 Å². The second-order valence-electron chi connectivity index (χ2n) is 8.23. The molecule has 0 heterocycles. The first-order valence-electron chi connectivity index (χ1n) is 11.5. The number of rotatable bonds is 9. The van der Waals surface area contributed by atoms with E-state index < -0.39 is 22.5 Å². The SMILES string of the molecule is CCN(CC)C(=O)c1ccccc1NC(=O)CN(c1cccc(C)c1)S(=O)(=O)c1ccc(C)cc1. The molecule has 3 aromatic rings. The highest BCUT2D eigenvalue weighted by Gasteiger charge is 2.28. The lowest BCUT2D eigenvalue weighted by atomic mass is 10.1. The summed E-state index contributed by atoms with van der Waals surface area (Å²) < 4.78 is 28.2. The number of para-hydroxylation sites is 1. The van der Waals surface area contributed by atoms with Gasteiger partial charge in [0.1, 0.15) is 6.54 Å². The summed E-state index contributed by atoms with van der Waals surface area (Å²) in [5.74, 6) is -0.754. The molecule has 0 atom stereocenters. The molecule has 0 fully saturated rings. The number of hydrogen-bond acceptors (Lipinski definition) is 4. The van der Waals surface area contributed by atoms with Crippen molar-refractivity contribution in [2.45, 2.75) is 32.6 Å². The van der Waals surface area contributed by atoms with E-state index in [1.54, 1.807) is 59.5 Å². The van der Waals surface area contributed by atoms with Gasteiger partial charge >= 0.3 is 0 Å². The third-order valence-corrected chi connectivity index (χ3v) is 7.46. The van der Waals surface area contributed by atoms with Crippen LogP contribution in [-0.4, -0.2) is 44.8 Å². The Labute approximate surface area is 207 Å². The molecule has 8 heteroatoms. The quantitative estimate of drug-likeness (QED) is 0.471. The summed E-state index contributed by atoms with van der Waals surface area (Å²) in [6.45, 7) is 8.12. The molecular formula is C27H31N3O4S. The molecule has 35 heavy (non-hydrogen) atoms. The van der Waals surface area contributed by atoms with E-state index in [4.69, 9.17) is 0 Å². The maximum Gasteiger partial charge on any atom is 0.264 e. The highest BCUT2D eigenvalue weighted by Crippen LogP contribution is 2.25. The lowest BCUT2D eigenvalue weighted by Gasteiger charge is -2.25. The van der Waals surface area contributed by atoms with Gasteiger partial charge < -0.3 is 10.2 Å². The molecule has 0 aliphatic rings. The van der Waals surface area contributed by atoms with E-state index in [1.165, 1.54) is 12.1 Å². The minimum atomic E-state index is -4.03. The van der Waals surface area contributed by atoms with Gasteiger partial charge in [0.2, 0.25) is 5.91 Å². The van der Waals surface area contributed by atoms with Crippen LogP contribution in [0, 0.1) is 13.8 Å². The molecule has 0 spiro atoms. The van der Waals surface area contributed by atoms with Gasteiger partial charge in [-0.1, -0.05) is 42.0 Å². The maximum atomic E-state index is 13.6. The number of carbonyl (C=O) groups is 2. The van der Waals surface area contributed by atoms with Crippen molar-refractivity contribution >= 4 is 33.2 Å². The third-order valence-electron chi connectivity index (χ3n) is 5.67. The first-order chi connectivity index (χ1) is 16.7. The molecule has 0 unspecified atom stereocenters. The van der Waals surface area contributed by atoms with E-state index in [2.05, 4.69) is 5.32 Å². The predicted molar refractivity (Wildman–Crippen MR) is 139 cm³/mol. The van der Waals surface area contributed by atoms with Crippen molar-refractivity contribution in [3.8, 4) is 0 Å². The highest BCUT2D eigenvalue weighted by molar-refractivity contribution is 7.92. The molecular weight excluding hydrogens is 462 g/mol. The Kier molecular flexibility index (Phi) is 8.30. The van der Waals surface area contributed by atoms with Crippen LogP contribution in [0.2, 0.25) is 0 Å². The largest absolute Gasteiger partial charge is 0.339 e. The number of nitrogens with one attached hydrogen (secondary N) is 1. The van der Waals surface area contributed by atoms with Crippen LogP contribution in [-0.2, 0) is 14.8 Å². The van der Waals surface area contributed by atoms with Crippen LogP contribution in [0.15, 0.2) is 77.7 Å². The zero-order valence-corrected chi connectivity index (χ0v) is 21.3. The van der Waals surface area contributed by atoms with E-state index in [-0.39, 0.29) is 10.8 Å². The molecule has 0 aromatic heterocycles. The van der Waals surface area contributed by atoms with Gasteiger partial charge in [0, 0.05) is 13.1 Å². The minimum Gasteiger partial charge on any atom is -0.339 e. The molecule has 0 radical (unpaired) electrons. The monoisotopic (exact) mass is 493 g/mol. The van der Waals surface area contributed by atoms with Gasteiger partial charge in [0.15, 0.2) is 0 Å². The van der Waals surface area contributed by atoms with Crippen LogP contribution >= 0.6 is 0 Å². The number of hydrogen-bond donors (Lipinski definition) is 1. The first-order valence-corrected chi connectivity index (χ1v) is 13.0. The molecule has 184 valence electrons. The second-order valence-corrected chi connectivity index (χ2v) is 10.1. The second kappa shape index (κ2) is 11.2. The van der Waals surface area contributed by atoms with Crippen molar-refractivity contribution in [1.82, 2.24) is 4.90 Å². The van der Waals surface area contributed by atoms with Crippen molar-refractivity contribution in [2.75, 3.05) is 29.3 Å². The molecule has 0 saturated heterocycles. The molecule has 3 aromatic carbocycles. The van der Waals surface area contributed by atoms with Crippen LogP contribution in [0.5, 0.6) is 0 Å². The van der Waals surface area contributed by atoms with Gasteiger partial charge in [-0.2, -0.15) is 0 Å². The van der Waals surface area contributed by atoms with E-state index in [0.717, 1.165) is 15.4 Å². The van der Waals surface area contributed by atoms with Crippen molar-refractivity contribution in [2.24, 2.45) is 0 Å². The Morgan fingerprint density at radius 3 is 2.11 bits per heavy atom. The lowest BCUT2D eigenvalue weighted by molar-refractivity contribution is -0.114. The van der Waals surface area contributed by atoms with Gasteiger partial charge in [-0.25, -0.2) is 8.42 Å². The number of sulfonamides is 1. The normalized spacial score (nSPS) is 11.1. The molecule has 0 bridgehead atoms. The van der Waals surface area contributed by atoms with Gasteiger partial charge in [0.05, 0.1) is 21.8 Å². The Hall–Kier alpha value is -3.65. The van der Waals surface area contributed by atoms with Crippen molar-refractivity contribution in [3.63, 3.8) is 0 Å². The highest BCUT2D eigenvalue weighted by atomic mass is 32.2. The minimum absolute atomic E-state index is 0.0921. The third kappa shape index (κ3) is 6.08. The smallest absolute Gasteiger partial charge is 0.264 e. The van der Waals surface area contributed by atoms with Crippen molar-refractivity contribution in [1.29, 1.82) is 0 Å². The van der Waals surface area contributed by atoms with E-state index in [0.29, 0.717) is 30.0 Å². The predicted octanol–water partition coefficient (Wildman–Crippen LogP) is 4.62. The number of carbonyl (C=O) groups excluding carboxylic acids is 2. The summed E-state index contributed by atoms with van der Waals surface area (Å²) >= 11 is 0. The fourth-order valence-electron chi connectivity index (χ4n) is 3.72. The van der Waals surface area contributed by atoms with Crippen LogP contribution < -0.4 is 9.62 Å². The number of amides is 2. The van der Waals surface area contributed by atoms with E-state index in [9.17, 15) is 18.0 Å². The zero-order chi connectivity index (χ0) is 25.6. The topological polar surface area (TPSA) is 86.8 Å². The molecule has 1 N–H and O–H groups in total. The molecule has 2 amide bonds. The fraction of sp³-hybridized carbons (Fsp3) is 0.259. The van der Waals surface area contributed by atoms with Crippen LogP contribution in [0.25, 0.3) is 0 Å². The average Bonchev–Trinajstić information content (AvgIpc) is 2.83. The number of benzene rings is 3. The molecule has 0 saturated carbocycles. The summed E-state index contributed by atoms with van der Waals surface area (Å²) in [6, 6.07) is 20.2. The molecule has 3 rings (SSSR count). The lowest BCUT2D eigenvalue weighted by Crippen LogP contribution is -2.38. The average molecular weight is 494 g/mol. The number of anilines is 2. The van der Waals surface area contributed by atoms with Crippen molar-refractivity contribution in [3.05, 3.63) is 89.5 Å². The number of nitrogens with zero attached hydrogens (tertiary/aromatic N) is 2. The van der Waals surface area contributed by atoms with Crippen molar-refractivity contribution < 1.29 is 18.0 Å². The Balaban J connectivity index is 1.94. The van der Waals surface area contributed by atoms with Crippen LogP contribution in [0.1, 0.15) is 35.3 Å². The summed E-state index contributed by atoms with van der Waals surface area (Å²) in [6.07, 6.45) is 0. The number of aryl methyl sites for hydroxylation is 2. The molecule has 7 nitrogen and oxygen atoms in total. The fourth-order valence-corrected chi connectivity index (χ4v) is 5.13. The van der Waals surface area contributed by atoms with Gasteiger partial charge in [-0.15, -0.1) is 0 Å². The van der Waals surface area contributed by atoms with Crippen LogP contribution in [0.4, 0.5) is 11.4 Å². The van der Waals surface area contributed by atoms with Gasteiger partial charge in [-0.05, 0) is 69.7 Å². The van der Waals surface area contributed by atoms with Crippen LogP contribution in [0.3, 0.4) is 0 Å². The van der Waals surface area contributed by atoms with E-state index >= 15 is 0 Å². The summed E-state index contributed by atoms with van der Waals surface area (Å²) in [5, 5.41) is 2.75. The molecule has 0 aliphatic carbocycles. The Morgan fingerprint density at radius 1 is 0.829 bits per heavy atom. The maximum absolute atomic E-state index is 13.6. The first kappa shape index (κ1) is 26.0. The standard InChI is InChI=1S/C27H31N3O4S/c1-5-29(6-2)27(32)24-12-7-8-13-25(24)28-26(31)19-30(22-11-9-10-21(4)18-22)35(33,34)23-16-14-20(3)15-17-23/h7-18H,5-6,19H2,1-4H3,(H,28,31). The summed E-state index contributed by atoms with van der Waals surface area (Å²) in [7, 11) is -4.03. The molecule has 0 aliphatic heterocycles. The Morgan fingerprint density at radius 2 is 1.49 bits per heavy atom. The van der Waals surface area contributed by atoms with Gasteiger partial charge in [-0.3, -0.25) is 13.9 Å². The van der Waals surface area contributed by atoms with Gasteiger partial charge in [0.25, 0.3) is 15.9 Å². The summed E-state index contributed by atoms with van der Waals surface area (Å²) in [5.41, 5.74) is 2.87. The zero-order valence-electron chi connectivity index (χ0n) is 20.5. The Bertz CT molecular complexity index is 1300. The summed E-state index contributed by atoms with van der Waals surface area (Å²) in [4.78, 5) is 27.8.